The minimum Gasteiger partial charge on any atom is -0.391 e. The second-order valence-electron chi connectivity index (χ2n) is 5.59. The topological polar surface area (TPSA) is 49.3 Å². The van der Waals surface area contributed by atoms with E-state index in [2.05, 4.69) is 12.2 Å². The molecular formula is C14H27NO2. The van der Waals surface area contributed by atoms with Crippen molar-refractivity contribution in [2.75, 3.05) is 6.54 Å². The molecule has 17 heavy (non-hydrogen) atoms. The van der Waals surface area contributed by atoms with Gasteiger partial charge < -0.3 is 10.4 Å². The zero-order valence-electron chi connectivity index (χ0n) is 11.2. The minimum absolute atomic E-state index is 0.110. The Morgan fingerprint density at radius 2 is 2.24 bits per heavy atom. The van der Waals surface area contributed by atoms with Crippen molar-refractivity contribution in [2.45, 2.75) is 64.9 Å². The van der Waals surface area contributed by atoms with Crippen LogP contribution in [0.15, 0.2) is 0 Å². The molecule has 0 bridgehead atoms. The first kappa shape index (κ1) is 14.5. The van der Waals surface area contributed by atoms with Crippen LogP contribution in [0.1, 0.15) is 58.8 Å². The summed E-state index contributed by atoms with van der Waals surface area (Å²) in [5.41, 5.74) is 0. The van der Waals surface area contributed by atoms with E-state index in [9.17, 15) is 9.90 Å². The number of aliphatic hydroxyl groups excluding tert-OH is 1. The Balaban J connectivity index is 2.15. The maximum absolute atomic E-state index is 11.7. The van der Waals surface area contributed by atoms with Crippen LogP contribution in [-0.4, -0.2) is 23.7 Å². The SMILES string of the molecule is CCCC(O)CNC(=O)CC1CCCC(C)C1. The smallest absolute Gasteiger partial charge is 0.220 e. The van der Waals surface area contributed by atoms with Gasteiger partial charge in [-0.05, 0) is 31.1 Å². The van der Waals surface area contributed by atoms with Crippen molar-refractivity contribution in [3.8, 4) is 0 Å². The fraction of sp³-hybridized carbons (Fsp3) is 0.929. The van der Waals surface area contributed by atoms with Crippen LogP contribution in [0.5, 0.6) is 0 Å². The Labute approximate surface area is 105 Å². The molecule has 2 N–H and O–H groups in total. The molecule has 0 radical (unpaired) electrons. The molecule has 0 aromatic heterocycles. The third-order valence-electron chi connectivity index (χ3n) is 3.68. The fourth-order valence-corrected chi connectivity index (χ4v) is 2.75. The first-order valence-corrected chi connectivity index (χ1v) is 7.06. The van der Waals surface area contributed by atoms with Crippen molar-refractivity contribution in [1.29, 1.82) is 0 Å². The highest BCUT2D eigenvalue weighted by molar-refractivity contribution is 5.76. The minimum atomic E-state index is -0.380. The van der Waals surface area contributed by atoms with Crippen LogP contribution >= 0.6 is 0 Å². The molecule has 3 nitrogen and oxygen atoms in total. The Kier molecular flexibility index (Phi) is 6.56. The first-order chi connectivity index (χ1) is 8.11. The standard InChI is InChI=1S/C14H27NO2/c1-3-5-13(16)10-15-14(17)9-12-7-4-6-11(2)8-12/h11-13,16H,3-10H2,1-2H3,(H,15,17). The summed E-state index contributed by atoms with van der Waals surface area (Å²) >= 11 is 0. The fourth-order valence-electron chi connectivity index (χ4n) is 2.75. The van der Waals surface area contributed by atoms with Crippen molar-refractivity contribution in [3.05, 3.63) is 0 Å². The Hall–Kier alpha value is -0.570. The molecule has 1 amide bonds. The van der Waals surface area contributed by atoms with E-state index in [1.54, 1.807) is 0 Å². The Morgan fingerprint density at radius 3 is 2.88 bits per heavy atom. The van der Waals surface area contributed by atoms with Gasteiger partial charge in [-0.1, -0.05) is 33.1 Å². The highest BCUT2D eigenvalue weighted by Crippen LogP contribution is 2.30. The molecule has 1 saturated carbocycles. The van der Waals surface area contributed by atoms with Crippen molar-refractivity contribution in [2.24, 2.45) is 11.8 Å². The molecule has 0 aromatic carbocycles. The number of hydrogen-bond acceptors (Lipinski definition) is 2. The van der Waals surface area contributed by atoms with Gasteiger partial charge in [0.05, 0.1) is 6.10 Å². The number of carbonyl (C=O) groups is 1. The van der Waals surface area contributed by atoms with Gasteiger partial charge in [-0.3, -0.25) is 4.79 Å². The van der Waals surface area contributed by atoms with Crippen LogP contribution in [0.4, 0.5) is 0 Å². The Morgan fingerprint density at radius 1 is 1.47 bits per heavy atom. The molecule has 1 aliphatic carbocycles. The van der Waals surface area contributed by atoms with Gasteiger partial charge in [0.1, 0.15) is 0 Å². The van der Waals surface area contributed by atoms with Gasteiger partial charge in [0.15, 0.2) is 0 Å². The summed E-state index contributed by atoms with van der Waals surface area (Å²) in [5, 5.41) is 12.4. The first-order valence-electron chi connectivity index (χ1n) is 7.06. The number of aliphatic hydroxyl groups is 1. The second-order valence-corrected chi connectivity index (χ2v) is 5.59. The van der Waals surface area contributed by atoms with Crippen molar-refractivity contribution >= 4 is 5.91 Å². The van der Waals surface area contributed by atoms with Crippen LogP contribution < -0.4 is 5.32 Å². The van der Waals surface area contributed by atoms with E-state index in [0.717, 1.165) is 18.8 Å². The van der Waals surface area contributed by atoms with E-state index in [1.165, 1.54) is 25.7 Å². The molecule has 1 aliphatic rings. The van der Waals surface area contributed by atoms with Gasteiger partial charge in [-0.25, -0.2) is 0 Å². The molecule has 100 valence electrons. The van der Waals surface area contributed by atoms with E-state index in [-0.39, 0.29) is 12.0 Å². The van der Waals surface area contributed by atoms with Crippen LogP contribution in [0.25, 0.3) is 0 Å². The highest BCUT2D eigenvalue weighted by Gasteiger charge is 2.21. The highest BCUT2D eigenvalue weighted by atomic mass is 16.3. The molecule has 3 unspecified atom stereocenters. The molecular weight excluding hydrogens is 214 g/mol. The monoisotopic (exact) mass is 241 g/mol. The lowest BCUT2D eigenvalue weighted by atomic mass is 9.81. The number of amides is 1. The molecule has 0 aliphatic heterocycles. The summed E-state index contributed by atoms with van der Waals surface area (Å²) in [5.74, 6) is 1.44. The zero-order chi connectivity index (χ0) is 12.7. The van der Waals surface area contributed by atoms with Crippen molar-refractivity contribution in [3.63, 3.8) is 0 Å². The lowest BCUT2D eigenvalue weighted by Gasteiger charge is -2.26. The molecule has 3 heteroatoms. The van der Waals surface area contributed by atoms with E-state index in [0.29, 0.717) is 18.9 Å². The lowest BCUT2D eigenvalue weighted by Crippen LogP contribution is -2.33. The van der Waals surface area contributed by atoms with E-state index in [1.807, 2.05) is 6.92 Å². The molecule has 0 heterocycles. The number of nitrogens with one attached hydrogen (secondary N) is 1. The van der Waals surface area contributed by atoms with Crippen molar-refractivity contribution in [1.82, 2.24) is 5.32 Å². The summed E-state index contributed by atoms with van der Waals surface area (Å²) in [6.45, 7) is 4.72. The third kappa shape index (κ3) is 6.06. The molecule has 3 atom stereocenters. The summed E-state index contributed by atoms with van der Waals surface area (Å²) in [7, 11) is 0. The lowest BCUT2D eigenvalue weighted by molar-refractivity contribution is -0.122. The summed E-state index contributed by atoms with van der Waals surface area (Å²) in [4.78, 5) is 11.7. The van der Waals surface area contributed by atoms with Gasteiger partial charge in [0.25, 0.3) is 0 Å². The maximum atomic E-state index is 11.7. The van der Waals surface area contributed by atoms with E-state index < -0.39 is 0 Å². The largest absolute Gasteiger partial charge is 0.391 e. The predicted octanol–water partition coefficient (Wildman–Crippen LogP) is 2.48. The van der Waals surface area contributed by atoms with Crippen LogP contribution in [0.2, 0.25) is 0 Å². The molecule has 0 aromatic rings. The molecule has 0 spiro atoms. The van der Waals surface area contributed by atoms with Crippen molar-refractivity contribution < 1.29 is 9.90 Å². The molecule has 1 fully saturated rings. The number of rotatable bonds is 6. The Bertz CT molecular complexity index is 230. The van der Waals surface area contributed by atoms with Crippen LogP contribution in [0, 0.1) is 11.8 Å². The third-order valence-corrected chi connectivity index (χ3v) is 3.68. The van der Waals surface area contributed by atoms with Crippen LogP contribution in [0.3, 0.4) is 0 Å². The summed E-state index contributed by atoms with van der Waals surface area (Å²) in [6, 6.07) is 0. The van der Waals surface area contributed by atoms with E-state index >= 15 is 0 Å². The second kappa shape index (κ2) is 7.70. The zero-order valence-corrected chi connectivity index (χ0v) is 11.2. The molecule has 0 saturated heterocycles. The average Bonchev–Trinajstić information content (AvgIpc) is 2.27. The quantitative estimate of drug-likeness (QED) is 0.750. The average molecular weight is 241 g/mol. The van der Waals surface area contributed by atoms with E-state index in [4.69, 9.17) is 0 Å². The summed E-state index contributed by atoms with van der Waals surface area (Å²) in [6.07, 6.45) is 6.93. The van der Waals surface area contributed by atoms with Gasteiger partial charge in [-0.2, -0.15) is 0 Å². The van der Waals surface area contributed by atoms with Gasteiger partial charge in [0, 0.05) is 13.0 Å². The van der Waals surface area contributed by atoms with Gasteiger partial charge in [0.2, 0.25) is 5.91 Å². The van der Waals surface area contributed by atoms with Gasteiger partial charge >= 0.3 is 0 Å². The number of hydrogen-bond donors (Lipinski definition) is 2. The van der Waals surface area contributed by atoms with Crippen LogP contribution in [-0.2, 0) is 4.79 Å². The number of carbonyl (C=O) groups excluding carboxylic acids is 1. The normalized spacial score (nSPS) is 26.5. The molecule has 1 rings (SSSR count). The summed E-state index contributed by atoms with van der Waals surface area (Å²) < 4.78 is 0. The van der Waals surface area contributed by atoms with Gasteiger partial charge in [-0.15, -0.1) is 0 Å². The maximum Gasteiger partial charge on any atom is 0.220 e. The predicted molar refractivity (Wildman–Crippen MR) is 69.7 cm³/mol.